The minimum absolute atomic E-state index is 0.0660. The summed E-state index contributed by atoms with van der Waals surface area (Å²) >= 11 is 0. The van der Waals surface area contributed by atoms with E-state index in [1.807, 2.05) is 6.07 Å². The summed E-state index contributed by atoms with van der Waals surface area (Å²) in [6.45, 7) is 3.72. The SMILES string of the molecule is Cc1cc(C(=O)CN2CCCC(C(F)(F)F)C2)c(C)n1NC(=O)c1ccccc1. The van der Waals surface area contributed by atoms with Crippen LogP contribution >= 0.6 is 0 Å². The summed E-state index contributed by atoms with van der Waals surface area (Å²) in [4.78, 5) is 26.7. The number of carbonyl (C=O) groups excluding carboxylic acids is 2. The normalized spacial score (nSPS) is 17.9. The fourth-order valence-electron chi connectivity index (χ4n) is 3.73. The molecule has 156 valence electrons. The van der Waals surface area contributed by atoms with E-state index in [4.69, 9.17) is 0 Å². The van der Waals surface area contributed by atoms with Crippen LogP contribution in [0, 0.1) is 19.8 Å². The molecule has 0 spiro atoms. The van der Waals surface area contributed by atoms with Crippen molar-refractivity contribution >= 4 is 11.7 Å². The number of likely N-dealkylation sites (tertiary alicyclic amines) is 1. The van der Waals surface area contributed by atoms with E-state index < -0.39 is 12.1 Å². The van der Waals surface area contributed by atoms with Gasteiger partial charge in [0.15, 0.2) is 5.78 Å². The zero-order valence-corrected chi connectivity index (χ0v) is 16.4. The number of aryl methyl sites for hydroxylation is 1. The quantitative estimate of drug-likeness (QED) is 0.764. The van der Waals surface area contributed by atoms with Crippen LogP contribution in [0.25, 0.3) is 0 Å². The Balaban J connectivity index is 1.70. The summed E-state index contributed by atoms with van der Waals surface area (Å²) in [6, 6.07) is 10.3. The number of amides is 1. The molecule has 1 unspecified atom stereocenters. The van der Waals surface area contributed by atoms with Gasteiger partial charge in [-0.15, -0.1) is 0 Å². The van der Waals surface area contributed by atoms with Gasteiger partial charge in [0.2, 0.25) is 0 Å². The summed E-state index contributed by atoms with van der Waals surface area (Å²) in [5.41, 5.74) is 4.88. The van der Waals surface area contributed by atoms with Gasteiger partial charge in [-0.25, -0.2) is 0 Å². The first-order valence-corrected chi connectivity index (χ1v) is 9.54. The van der Waals surface area contributed by atoms with E-state index in [9.17, 15) is 22.8 Å². The van der Waals surface area contributed by atoms with Crippen LogP contribution in [0.2, 0.25) is 0 Å². The Kier molecular flexibility index (Phi) is 6.12. The molecule has 2 aromatic rings. The maximum Gasteiger partial charge on any atom is 0.393 e. The maximum absolute atomic E-state index is 13.0. The van der Waals surface area contributed by atoms with Gasteiger partial charge in [-0.3, -0.25) is 24.6 Å². The first-order valence-electron chi connectivity index (χ1n) is 9.54. The summed E-state index contributed by atoms with van der Waals surface area (Å²) < 4.78 is 40.5. The van der Waals surface area contributed by atoms with Crippen molar-refractivity contribution in [3.05, 3.63) is 58.9 Å². The summed E-state index contributed by atoms with van der Waals surface area (Å²) in [6.07, 6.45) is -3.71. The molecule has 1 aliphatic heterocycles. The van der Waals surface area contributed by atoms with Crippen LogP contribution in [-0.4, -0.2) is 47.1 Å². The second-order valence-corrected chi connectivity index (χ2v) is 7.47. The van der Waals surface area contributed by atoms with Crippen molar-refractivity contribution in [1.82, 2.24) is 9.58 Å². The van der Waals surface area contributed by atoms with Crippen molar-refractivity contribution in [3.8, 4) is 0 Å². The molecule has 0 bridgehead atoms. The molecule has 1 atom stereocenters. The van der Waals surface area contributed by atoms with Gasteiger partial charge in [-0.05, 0) is 51.4 Å². The molecule has 29 heavy (non-hydrogen) atoms. The predicted octanol–water partition coefficient (Wildman–Crippen LogP) is 3.95. The molecule has 0 aliphatic carbocycles. The minimum atomic E-state index is -4.24. The van der Waals surface area contributed by atoms with Gasteiger partial charge < -0.3 is 0 Å². The van der Waals surface area contributed by atoms with Crippen LogP contribution in [0.15, 0.2) is 36.4 Å². The van der Waals surface area contributed by atoms with Gasteiger partial charge in [0.1, 0.15) is 0 Å². The van der Waals surface area contributed by atoms with Crippen LogP contribution in [0.3, 0.4) is 0 Å². The molecule has 2 heterocycles. The fourth-order valence-corrected chi connectivity index (χ4v) is 3.73. The highest BCUT2D eigenvalue weighted by molar-refractivity contribution is 6.01. The third kappa shape index (κ3) is 4.87. The Hall–Kier alpha value is -2.61. The zero-order chi connectivity index (χ0) is 21.2. The molecule has 1 aromatic carbocycles. The van der Waals surface area contributed by atoms with Gasteiger partial charge in [0.05, 0.1) is 12.5 Å². The number of Topliss-reactive ketones (excluding diaryl/α,β-unsaturated/α-hetero) is 1. The molecule has 0 radical (unpaired) electrons. The van der Waals surface area contributed by atoms with E-state index in [2.05, 4.69) is 5.43 Å². The molecule has 1 aromatic heterocycles. The molecule has 3 rings (SSSR count). The topological polar surface area (TPSA) is 54.3 Å². The van der Waals surface area contributed by atoms with Crippen LogP contribution in [0.5, 0.6) is 0 Å². The number of nitrogens with zero attached hydrogens (tertiary/aromatic N) is 2. The molecule has 1 aliphatic rings. The monoisotopic (exact) mass is 407 g/mol. The lowest BCUT2D eigenvalue weighted by Crippen LogP contribution is -2.43. The Morgan fingerprint density at radius 2 is 1.86 bits per heavy atom. The highest BCUT2D eigenvalue weighted by Crippen LogP contribution is 2.33. The molecule has 1 amide bonds. The fraction of sp³-hybridized carbons (Fsp3) is 0.429. The van der Waals surface area contributed by atoms with E-state index >= 15 is 0 Å². The molecule has 1 fully saturated rings. The second-order valence-electron chi connectivity index (χ2n) is 7.47. The number of hydrogen-bond donors (Lipinski definition) is 1. The van der Waals surface area contributed by atoms with Crippen LogP contribution in [-0.2, 0) is 0 Å². The molecule has 1 N–H and O–H groups in total. The number of rotatable bonds is 5. The van der Waals surface area contributed by atoms with E-state index in [-0.39, 0.29) is 31.2 Å². The Bertz CT molecular complexity index is 891. The van der Waals surface area contributed by atoms with Crippen molar-refractivity contribution < 1.29 is 22.8 Å². The number of carbonyl (C=O) groups is 2. The van der Waals surface area contributed by atoms with E-state index in [0.29, 0.717) is 35.5 Å². The third-order valence-corrected chi connectivity index (χ3v) is 5.32. The molecule has 5 nitrogen and oxygen atoms in total. The van der Waals surface area contributed by atoms with Crippen molar-refractivity contribution in [2.75, 3.05) is 25.1 Å². The molecule has 0 saturated carbocycles. The highest BCUT2D eigenvalue weighted by atomic mass is 19.4. The zero-order valence-electron chi connectivity index (χ0n) is 16.4. The number of benzene rings is 1. The van der Waals surface area contributed by atoms with Gasteiger partial charge in [-0.1, -0.05) is 18.2 Å². The lowest BCUT2D eigenvalue weighted by molar-refractivity contribution is -0.186. The van der Waals surface area contributed by atoms with Crippen molar-refractivity contribution in [2.24, 2.45) is 5.92 Å². The van der Waals surface area contributed by atoms with Gasteiger partial charge in [0, 0.05) is 29.1 Å². The van der Waals surface area contributed by atoms with E-state index in [1.54, 1.807) is 49.1 Å². The molecule has 8 heteroatoms. The average Bonchev–Trinajstić information content (AvgIpc) is 2.96. The second kappa shape index (κ2) is 8.41. The number of alkyl halides is 3. The minimum Gasteiger partial charge on any atom is -0.295 e. The lowest BCUT2D eigenvalue weighted by atomic mass is 9.97. The van der Waals surface area contributed by atoms with Crippen LogP contribution < -0.4 is 5.43 Å². The van der Waals surface area contributed by atoms with E-state index in [0.717, 1.165) is 0 Å². The number of hydrogen-bond acceptors (Lipinski definition) is 3. The lowest BCUT2D eigenvalue weighted by Gasteiger charge is -2.33. The van der Waals surface area contributed by atoms with Crippen molar-refractivity contribution in [3.63, 3.8) is 0 Å². The number of aromatic nitrogens is 1. The van der Waals surface area contributed by atoms with Crippen LogP contribution in [0.1, 0.15) is 44.9 Å². The average molecular weight is 407 g/mol. The van der Waals surface area contributed by atoms with Crippen molar-refractivity contribution in [2.45, 2.75) is 32.9 Å². The highest BCUT2D eigenvalue weighted by Gasteiger charge is 2.42. The number of ketones is 1. The summed E-state index contributed by atoms with van der Waals surface area (Å²) in [7, 11) is 0. The molecule has 1 saturated heterocycles. The maximum atomic E-state index is 13.0. The molecular formula is C21H24F3N3O2. The van der Waals surface area contributed by atoms with E-state index in [1.165, 1.54) is 4.68 Å². The van der Waals surface area contributed by atoms with Gasteiger partial charge >= 0.3 is 6.18 Å². The van der Waals surface area contributed by atoms with Crippen LogP contribution in [0.4, 0.5) is 13.2 Å². The summed E-state index contributed by atoms with van der Waals surface area (Å²) in [5.74, 6) is -1.95. The first-order chi connectivity index (χ1) is 13.7. The predicted molar refractivity (Wildman–Crippen MR) is 104 cm³/mol. The van der Waals surface area contributed by atoms with Gasteiger partial charge in [0.25, 0.3) is 5.91 Å². The third-order valence-electron chi connectivity index (χ3n) is 5.32. The van der Waals surface area contributed by atoms with Crippen molar-refractivity contribution in [1.29, 1.82) is 0 Å². The molecular weight excluding hydrogens is 383 g/mol. The largest absolute Gasteiger partial charge is 0.393 e. The first kappa shape index (κ1) is 21.1. The standard InChI is InChI=1S/C21H24F3N3O2/c1-14-11-18(15(2)27(14)25-20(29)16-7-4-3-5-8-16)19(28)13-26-10-6-9-17(12-26)21(22,23)24/h3-5,7-8,11,17H,6,9-10,12-13H2,1-2H3,(H,25,29). The van der Waals surface area contributed by atoms with Gasteiger partial charge in [-0.2, -0.15) is 13.2 Å². The Morgan fingerprint density at radius 1 is 1.17 bits per heavy atom. The number of nitrogens with one attached hydrogen (secondary N) is 1. The smallest absolute Gasteiger partial charge is 0.295 e. The Morgan fingerprint density at radius 3 is 2.52 bits per heavy atom. The summed E-state index contributed by atoms with van der Waals surface area (Å²) in [5, 5.41) is 0. The Labute approximate surface area is 167 Å². The number of piperidine rings is 1. The number of halogens is 3.